The number of rotatable bonds is 0. The van der Waals surface area contributed by atoms with Crippen LogP contribution in [0, 0.1) is 11.6 Å². The van der Waals surface area contributed by atoms with Crippen LogP contribution < -0.4 is 0 Å². The highest BCUT2D eigenvalue weighted by Gasteiger charge is 1.93. The van der Waals surface area contributed by atoms with Gasteiger partial charge in [-0.2, -0.15) is 0 Å². The Bertz CT molecular complexity index is 471. The summed E-state index contributed by atoms with van der Waals surface area (Å²) >= 11 is 5.13. The first-order valence-corrected chi connectivity index (χ1v) is 5.27. The molecule has 0 aliphatic rings. The van der Waals surface area contributed by atoms with Crippen molar-refractivity contribution in [3.8, 4) is 0 Å². The lowest BCUT2D eigenvalue weighted by atomic mass is 10.2. The molecule has 0 saturated heterocycles. The molecule has 14 heavy (non-hydrogen) atoms. The van der Waals surface area contributed by atoms with Crippen LogP contribution in [-0.4, -0.2) is 4.98 Å². The van der Waals surface area contributed by atoms with Crippen molar-refractivity contribution in [3.63, 3.8) is 0 Å². The van der Waals surface area contributed by atoms with Gasteiger partial charge in [0.15, 0.2) is 0 Å². The fourth-order valence-electron chi connectivity index (χ4n) is 1.26. The van der Waals surface area contributed by atoms with Crippen molar-refractivity contribution in [1.29, 1.82) is 0 Å². The highest BCUT2D eigenvalue weighted by Crippen LogP contribution is 2.12. The molecule has 1 heterocycles. The number of benzene rings is 1. The van der Waals surface area contributed by atoms with Crippen LogP contribution in [0.3, 0.4) is 0 Å². The Morgan fingerprint density at radius 1 is 1.14 bits per heavy atom. The molecule has 0 aliphatic heterocycles. The number of aromatic amines is 1. The van der Waals surface area contributed by atoms with Crippen molar-refractivity contribution in [2.75, 3.05) is 0 Å². The van der Waals surface area contributed by atoms with Crippen molar-refractivity contribution in [2.45, 2.75) is 20.8 Å². The van der Waals surface area contributed by atoms with Crippen LogP contribution in [0.15, 0.2) is 30.3 Å². The first-order chi connectivity index (χ1) is 6.77. The number of hydrogen-bond donors (Lipinski definition) is 1. The minimum atomic E-state index is 0.828. The third kappa shape index (κ3) is 2.20. The van der Waals surface area contributed by atoms with E-state index in [1.807, 2.05) is 39.0 Å². The summed E-state index contributed by atoms with van der Waals surface area (Å²) in [7, 11) is 0. The number of H-pyrrole nitrogens is 1. The van der Waals surface area contributed by atoms with Crippen LogP contribution in [0.5, 0.6) is 0 Å². The largest absolute Gasteiger partial charge is 0.346 e. The van der Waals surface area contributed by atoms with Gasteiger partial charge in [-0.3, -0.25) is 0 Å². The minimum Gasteiger partial charge on any atom is -0.346 e. The maximum atomic E-state index is 5.13. The molecule has 0 atom stereocenters. The molecule has 1 N–H and O–H groups in total. The number of aryl methyl sites for hydroxylation is 1. The Morgan fingerprint density at radius 2 is 1.79 bits per heavy atom. The van der Waals surface area contributed by atoms with Crippen LogP contribution in [0.2, 0.25) is 0 Å². The number of pyridine rings is 1. The summed E-state index contributed by atoms with van der Waals surface area (Å²) in [6.45, 7) is 6.02. The molecule has 1 aromatic heterocycles. The van der Waals surface area contributed by atoms with Gasteiger partial charge in [0.2, 0.25) is 0 Å². The lowest BCUT2D eigenvalue weighted by Crippen LogP contribution is -1.82. The molecule has 0 radical (unpaired) electrons. The summed E-state index contributed by atoms with van der Waals surface area (Å²) in [6.07, 6.45) is 0. The molecule has 0 spiro atoms. The zero-order chi connectivity index (χ0) is 10.6. The monoisotopic (exact) mass is 205 g/mol. The first-order valence-electron chi connectivity index (χ1n) is 4.86. The van der Waals surface area contributed by atoms with Crippen LogP contribution in [-0.2, 0) is 0 Å². The number of nitrogens with one attached hydrogen (secondary N) is 1. The minimum absolute atomic E-state index is 0.828. The average Bonchev–Trinajstić information content (AvgIpc) is 2.23. The number of aromatic nitrogens is 1. The maximum Gasteiger partial charge on any atom is 0.106 e. The molecule has 74 valence electrons. The second kappa shape index (κ2) is 4.91. The van der Waals surface area contributed by atoms with Gasteiger partial charge in [0.05, 0.1) is 0 Å². The standard InChI is InChI=1S/C10H9NS.C2H6/c1-7-6-8-4-2-3-5-9(8)11-10(7)12;1-2/h2-6H,1H3,(H,11,12);1-2H3. The van der Waals surface area contributed by atoms with E-state index in [1.165, 1.54) is 5.39 Å². The number of para-hydroxylation sites is 1. The van der Waals surface area contributed by atoms with Gasteiger partial charge in [-0.05, 0) is 30.0 Å². The first kappa shape index (κ1) is 10.9. The number of hydrogen-bond acceptors (Lipinski definition) is 1. The van der Waals surface area contributed by atoms with E-state index >= 15 is 0 Å². The zero-order valence-electron chi connectivity index (χ0n) is 8.79. The lowest BCUT2D eigenvalue weighted by molar-refractivity contribution is 1.30. The van der Waals surface area contributed by atoms with Crippen LogP contribution in [0.1, 0.15) is 19.4 Å². The maximum absolute atomic E-state index is 5.13. The van der Waals surface area contributed by atoms with Crippen molar-refractivity contribution < 1.29 is 0 Å². The predicted octanol–water partition coefficient (Wildman–Crippen LogP) is 4.23. The van der Waals surface area contributed by atoms with E-state index in [0.29, 0.717) is 0 Å². The molecule has 2 aromatic rings. The molecular formula is C12H15NS. The lowest BCUT2D eigenvalue weighted by Gasteiger charge is -1.98. The highest BCUT2D eigenvalue weighted by atomic mass is 32.1. The van der Waals surface area contributed by atoms with Gasteiger partial charge in [0.1, 0.15) is 4.64 Å². The Morgan fingerprint density at radius 3 is 2.50 bits per heavy atom. The van der Waals surface area contributed by atoms with E-state index in [-0.39, 0.29) is 0 Å². The molecule has 0 unspecified atom stereocenters. The van der Waals surface area contributed by atoms with Gasteiger partial charge in [0, 0.05) is 5.52 Å². The molecule has 0 saturated carbocycles. The van der Waals surface area contributed by atoms with E-state index in [9.17, 15) is 0 Å². The van der Waals surface area contributed by atoms with Crippen LogP contribution in [0.25, 0.3) is 10.9 Å². The Labute approximate surface area is 89.8 Å². The van der Waals surface area contributed by atoms with Crippen molar-refractivity contribution in [3.05, 3.63) is 40.5 Å². The van der Waals surface area contributed by atoms with Crippen molar-refractivity contribution in [1.82, 2.24) is 4.98 Å². The van der Waals surface area contributed by atoms with Crippen molar-refractivity contribution >= 4 is 23.1 Å². The van der Waals surface area contributed by atoms with E-state index in [1.54, 1.807) is 0 Å². The smallest absolute Gasteiger partial charge is 0.106 e. The zero-order valence-corrected chi connectivity index (χ0v) is 9.61. The van der Waals surface area contributed by atoms with Gasteiger partial charge in [-0.1, -0.05) is 44.3 Å². The van der Waals surface area contributed by atoms with Gasteiger partial charge in [-0.25, -0.2) is 0 Å². The SMILES string of the molecule is CC.Cc1cc2ccccc2[nH]c1=S. The summed E-state index contributed by atoms with van der Waals surface area (Å²) in [5, 5.41) is 1.21. The summed E-state index contributed by atoms with van der Waals surface area (Å²) in [5.74, 6) is 0. The molecular weight excluding hydrogens is 190 g/mol. The van der Waals surface area contributed by atoms with Crippen molar-refractivity contribution in [2.24, 2.45) is 0 Å². The quantitative estimate of drug-likeness (QED) is 0.636. The van der Waals surface area contributed by atoms with Gasteiger partial charge in [0.25, 0.3) is 0 Å². The predicted molar refractivity (Wildman–Crippen MR) is 65.2 cm³/mol. The van der Waals surface area contributed by atoms with Gasteiger partial charge in [-0.15, -0.1) is 0 Å². The second-order valence-corrected chi connectivity index (χ2v) is 3.28. The molecule has 1 aromatic carbocycles. The Balaban J connectivity index is 0.000000461. The average molecular weight is 205 g/mol. The van der Waals surface area contributed by atoms with E-state index in [0.717, 1.165) is 15.7 Å². The molecule has 0 amide bonds. The Kier molecular flexibility index (Phi) is 3.84. The molecule has 0 fully saturated rings. The normalized spacial score (nSPS) is 9.36. The third-order valence-electron chi connectivity index (χ3n) is 1.94. The van der Waals surface area contributed by atoms with E-state index in [2.05, 4.69) is 17.1 Å². The van der Waals surface area contributed by atoms with Gasteiger partial charge < -0.3 is 4.98 Å². The molecule has 0 aliphatic carbocycles. The van der Waals surface area contributed by atoms with E-state index < -0.39 is 0 Å². The summed E-state index contributed by atoms with van der Waals surface area (Å²) in [4.78, 5) is 3.17. The van der Waals surface area contributed by atoms with Gasteiger partial charge >= 0.3 is 0 Å². The molecule has 1 nitrogen and oxygen atoms in total. The highest BCUT2D eigenvalue weighted by molar-refractivity contribution is 7.71. The molecule has 2 heteroatoms. The summed E-state index contributed by atoms with van der Waals surface area (Å²) < 4.78 is 0.828. The third-order valence-corrected chi connectivity index (χ3v) is 2.36. The topological polar surface area (TPSA) is 15.8 Å². The Hall–Kier alpha value is -1.15. The fourth-order valence-corrected chi connectivity index (χ4v) is 1.43. The number of fused-ring (bicyclic) bond motifs is 1. The van der Waals surface area contributed by atoms with Crippen LogP contribution in [0.4, 0.5) is 0 Å². The summed E-state index contributed by atoms with van der Waals surface area (Å²) in [6, 6.07) is 10.2. The molecule has 0 bridgehead atoms. The summed E-state index contributed by atoms with van der Waals surface area (Å²) in [5.41, 5.74) is 2.23. The van der Waals surface area contributed by atoms with Crippen LogP contribution >= 0.6 is 12.2 Å². The fraction of sp³-hybridized carbons (Fsp3) is 0.250. The molecule has 2 rings (SSSR count). The second-order valence-electron chi connectivity index (χ2n) is 2.87. The van der Waals surface area contributed by atoms with E-state index in [4.69, 9.17) is 12.2 Å².